The van der Waals surface area contributed by atoms with Crippen molar-refractivity contribution in [2.75, 3.05) is 7.05 Å². The van der Waals surface area contributed by atoms with Crippen LogP contribution >= 0.6 is 11.6 Å². The predicted octanol–water partition coefficient (Wildman–Crippen LogP) is 3.42. The van der Waals surface area contributed by atoms with Gasteiger partial charge < -0.3 is 5.11 Å². The van der Waals surface area contributed by atoms with E-state index >= 15 is 0 Å². The van der Waals surface area contributed by atoms with Crippen molar-refractivity contribution >= 4 is 17.6 Å². The van der Waals surface area contributed by atoms with E-state index in [9.17, 15) is 9.90 Å². The van der Waals surface area contributed by atoms with Gasteiger partial charge in [0.15, 0.2) is 0 Å². The molecule has 0 spiro atoms. The van der Waals surface area contributed by atoms with E-state index in [0.29, 0.717) is 6.54 Å². The zero-order valence-corrected chi connectivity index (χ0v) is 11.9. The van der Waals surface area contributed by atoms with Gasteiger partial charge in [-0.05, 0) is 31.5 Å². The van der Waals surface area contributed by atoms with Crippen LogP contribution in [0.2, 0.25) is 5.02 Å². The van der Waals surface area contributed by atoms with E-state index in [1.165, 1.54) is 0 Å². The molecule has 1 aliphatic carbocycles. The second kappa shape index (κ2) is 6.40. The molecule has 0 radical (unpaired) electrons. The number of carboxylic acid groups (broad SMARTS) is 1. The highest BCUT2D eigenvalue weighted by molar-refractivity contribution is 6.31. The Hall–Kier alpha value is -1.06. The van der Waals surface area contributed by atoms with E-state index < -0.39 is 5.97 Å². The summed E-state index contributed by atoms with van der Waals surface area (Å²) in [7, 11) is 2.00. The van der Waals surface area contributed by atoms with Crippen LogP contribution in [0.4, 0.5) is 0 Å². The summed E-state index contributed by atoms with van der Waals surface area (Å²) in [6.07, 6.45) is 3.87. The maximum Gasteiger partial charge on any atom is 0.308 e. The summed E-state index contributed by atoms with van der Waals surface area (Å²) < 4.78 is 0. The van der Waals surface area contributed by atoms with Crippen molar-refractivity contribution < 1.29 is 9.90 Å². The quantitative estimate of drug-likeness (QED) is 0.919. The van der Waals surface area contributed by atoms with Crippen molar-refractivity contribution in [1.29, 1.82) is 0 Å². The summed E-state index contributed by atoms with van der Waals surface area (Å²) in [5.74, 6) is -0.919. The zero-order valence-electron chi connectivity index (χ0n) is 11.2. The molecule has 104 valence electrons. The van der Waals surface area contributed by atoms with Gasteiger partial charge >= 0.3 is 5.97 Å². The fourth-order valence-electron chi connectivity index (χ4n) is 2.94. The Labute approximate surface area is 119 Å². The van der Waals surface area contributed by atoms with Crippen molar-refractivity contribution in [3.05, 3.63) is 34.9 Å². The number of hydrogen-bond acceptors (Lipinski definition) is 2. The largest absolute Gasteiger partial charge is 0.481 e. The highest BCUT2D eigenvalue weighted by atomic mass is 35.5. The molecule has 4 heteroatoms. The fraction of sp³-hybridized carbons (Fsp3) is 0.533. The molecule has 1 saturated carbocycles. The second-order valence-corrected chi connectivity index (χ2v) is 5.71. The molecule has 1 N–H and O–H groups in total. The summed E-state index contributed by atoms with van der Waals surface area (Å²) in [6.45, 7) is 0.702. The third-order valence-corrected chi connectivity index (χ3v) is 4.36. The number of aliphatic carboxylic acids is 1. The fourth-order valence-corrected chi connectivity index (χ4v) is 3.13. The molecule has 0 aromatic heterocycles. The summed E-state index contributed by atoms with van der Waals surface area (Å²) >= 11 is 6.16. The molecule has 2 rings (SSSR count). The van der Waals surface area contributed by atoms with Gasteiger partial charge in [-0.2, -0.15) is 0 Å². The first kappa shape index (κ1) is 14.4. The molecule has 1 aromatic rings. The predicted molar refractivity (Wildman–Crippen MR) is 76.3 cm³/mol. The van der Waals surface area contributed by atoms with Crippen LogP contribution in [0.3, 0.4) is 0 Å². The first-order valence-electron chi connectivity index (χ1n) is 6.76. The van der Waals surface area contributed by atoms with Crippen LogP contribution in [0.25, 0.3) is 0 Å². The van der Waals surface area contributed by atoms with Gasteiger partial charge in [0.2, 0.25) is 0 Å². The maximum absolute atomic E-state index is 11.3. The average Bonchev–Trinajstić information content (AvgIpc) is 2.41. The van der Waals surface area contributed by atoms with Gasteiger partial charge in [0.05, 0.1) is 5.92 Å². The van der Waals surface area contributed by atoms with Gasteiger partial charge in [0.25, 0.3) is 0 Å². The van der Waals surface area contributed by atoms with Crippen molar-refractivity contribution in [3.63, 3.8) is 0 Å². The molecule has 0 bridgehead atoms. The summed E-state index contributed by atoms with van der Waals surface area (Å²) in [4.78, 5) is 13.5. The minimum atomic E-state index is -0.671. The van der Waals surface area contributed by atoms with Gasteiger partial charge in [0.1, 0.15) is 0 Å². The molecule has 0 heterocycles. The van der Waals surface area contributed by atoms with E-state index in [4.69, 9.17) is 11.6 Å². The van der Waals surface area contributed by atoms with Gasteiger partial charge in [0, 0.05) is 17.6 Å². The van der Waals surface area contributed by atoms with E-state index in [0.717, 1.165) is 36.3 Å². The van der Waals surface area contributed by atoms with Gasteiger partial charge in [-0.1, -0.05) is 42.6 Å². The molecule has 19 heavy (non-hydrogen) atoms. The molecule has 2 atom stereocenters. The molecular formula is C15H20ClNO2. The molecule has 1 aliphatic rings. The van der Waals surface area contributed by atoms with Crippen LogP contribution < -0.4 is 0 Å². The summed E-state index contributed by atoms with van der Waals surface area (Å²) in [6, 6.07) is 7.86. The topological polar surface area (TPSA) is 40.5 Å². The van der Waals surface area contributed by atoms with Crippen molar-refractivity contribution in [2.45, 2.75) is 38.3 Å². The van der Waals surface area contributed by atoms with Crippen molar-refractivity contribution in [3.8, 4) is 0 Å². The average molecular weight is 282 g/mol. The van der Waals surface area contributed by atoms with Crippen LogP contribution in [-0.4, -0.2) is 29.1 Å². The molecule has 0 saturated heterocycles. The minimum absolute atomic E-state index is 0.113. The lowest BCUT2D eigenvalue weighted by atomic mass is 9.83. The monoisotopic (exact) mass is 281 g/mol. The number of carbonyl (C=O) groups is 1. The molecule has 0 amide bonds. The number of carboxylic acids is 1. The molecule has 2 unspecified atom stereocenters. The Morgan fingerprint density at radius 3 is 2.74 bits per heavy atom. The Balaban J connectivity index is 2.07. The standard InChI is InChI=1S/C15H20ClNO2/c1-17(10-11-6-2-4-8-13(11)16)14-9-5-3-7-12(14)15(18)19/h2,4,6,8,12,14H,3,5,7,9-10H2,1H3,(H,18,19). The normalized spacial score (nSPS) is 23.5. The van der Waals surface area contributed by atoms with Gasteiger partial charge in [-0.15, -0.1) is 0 Å². The SMILES string of the molecule is CN(Cc1ccccc1Cl)C1CCCCC1C(=O)O. The minimum Gasteiger partial charge on any atom is -0.481 e. The summed E-state index contributed by atoms with van der Waals surface area (Å²) in [5, 5.41) is 10.1. The lowest BCUT2D eigenvalue weighted by molar-refractivity contribution is -0.145. The molecule has 1 fully saturated rings. The Bertz CT molecular complexity index is 450. The first-order chi connectivity index (χ1) is 9.09. The van der Waals surface area contributed by atoms with Crippen LogP contribution in [0.1, 0.15) is 31.2 Å². The number of benzene rings is 1. The molecular weight excluding hydrogens is 262 g/mol. The van der Waals surface area contributed by atoms with Crippen LogP contribution in [-0.2, 0) is 11.3 Å². The molecule has 1 aromatic carbocycles. The maximum atomic E-state index is 11.3. The van der Waals surface area contributed by atoms with E-state index in [2.05, 4.69) is 4.90 Å². The second-order valence-electron chi connectivity index (χ2n) is 5.30. The van der Waals surface area contributed by atoms with E-state index in [1.54, 1.807) is 0 Å². The third kappa shape index (κ3) is 3.48. The van der Waals surface area contributed by atoms with E-state index in [-0.39, 0.29) is 12.0 Å². The smallest absolute Gasteiger partial charge is 0.308 e. The number of hydrogen-bond donors (Lipinski definition) is 1. The molecule has 3 nitrogen and oxygen atoms in total. The van der Waals surface area contributed by atoms with Crippen molar-refractivity contribution in [2.24, 2.45) is 5.92 Å². The van der Waals surface area contributed by atoms with Crippen molar-refractivity contribution in [1.82, 2.24) is 4.90 Å². The Kier molecular flexibility index (Phi) is 4.83. The Morgan fingerprint density at radius 1 is 1.37 bits per heavy atom. The van der Waals surface area contributed by atoms with Crippen LogP contribution in [0, 0.1) is 5.92 Å². The van der Waals surface area contributed by atoms with Gasteiger partial charge in [-0.25, -0.2) is 0 Å². The molecule has 0 aliphatic heterocycles. The highest BCUT2D eigenvalue weighted by Crippen LogP contribution is 2.29. The number of rotatable bonds is 4. The Morgan fingerprint density at radius 2 is 2.05 bits per heavy atom. The number of nitrogens with zero attached hydrogens (tertiary/aromatic N) is 1. The zero-order chi connectivity index (χ0) is 13.8. The first-order valence-corrected chi connectivity index (χ1v) is 7.14. The van der Waals surface area contributed by atoms with E-state index in [1.807, 2.05) is 31.3 Å². The third-order valence-electron chi connectivity index (χ3n) is 3.99. The van der Waals surface area contributed by atoms with Crippen LogP contribution in [0.5, 0.6) is 0 Å². The number of halogens is 1. The lowest BCUT2D eigenvalue weighted by Crippen LogP contribution is -2.43. The highest BCUT2D eigenvalue weighted by Gasteiger charge is 2.33. The summed E-state index contributed by atoms with van der Waals surface area (Å²) in [5.41, 5.74) is 1.06. The van der Waals surface area contributed by atoms with Crippen LogP contribution in [0.15, 0.2) is 24.3 Å². The lowest BCUT2D eigenvalue weighted by Gasteiger charge is -2.36. The van der Waals surface area contributed by atoms with Gasteiger partial charge in [-0.3, -0.25) is 9.69 Å².